The van der Waals surface area contributed by atoms with Crippen LogP contribution >= 0.6 is 0 Å². The van der Waals surface area contributed by atoms with E-state index in [-0.39, 0.29) is 12.4 Å². The SMILES string of the molecule is CCC(C)C(C)NCc1c(CO)cnc(C)c1O. The average molecular weight is 252 g/mol. The summed E-state index contributed by atoms with van der Waals surface area (Å²) < 4.78 is 0. The lowest BCUT2D eigenvalue weighted by atomic mass is 10.00. The maximum atomic E-state index is 10.0. The number of hydrogen-bond donors (Lipinski definition) is 3. The summed E-state index contributed by atoms with van der Waals surface area (Å²) >= 11 is 0. The summed E-state index contributed by atoms with van der Waals surface area (Å²) in [5, 5.41) is 22.7. The van der Waals surface area contributed by atoms with E-state index in [1.165, 1.54) is 0 Å². The number of nitrogens with zero attached hydrogens (tertiary/aromatic N) is 1. The highest BCUT2D eigenvalue weighted by Gasteiger charge is 2.14. The van der Waals surface area contributed by atoms with Gasteiger partial charge in [-0.05, 0) is 19.8 Å². The Morgan fingerprint density at radius 3 is 2.61 bits per heavy atom. The Balaban J connectivity index is 2.80. The zero-order valence-electron chi connectivity index (χ0n) is 11.7. The Hall–Kier alpha value is -1.13. The summed E-state index contributed by atoms with van der Waals surface area (Å²) in [7, 11) is 0. The van der Waals surface area contributed by atoms with E-state index in [0.717, 1.165) is 12.0 Å². The Labute approximate surface area is 109 Å². The fraction of sp³-hybridized carbons (Fsp3) is 0.643. The van der Waals surface area contributed by atoms with E-state index in [1.54, 1.807) is 13.1 Å². The van der Waals surface area contributed by atoms with Crippen molar-refractivity contribution in [2.45, 2.75) is 53.3 Å². The molecule has 1 aromatic heterocycles. The molecule has 0 fully saturated rings. The quantitative estimate of drug-likeness (QED) is 0.725. The lowest BCUT2D eigenvalue weighted by Gasteiger charge is -2.21. The first-order valence-electron chi connectivity index (χ1n) is 6.51. The number of pyridine rings is 1. The van der Waals surface area contributed by atoms with Crippen LogP contribution in [0, 0.1) is 12.8 Å². The third-order valence-corrected chi connectivity index (χ3v) is 3.70. The fourth-order valence-electron chi connectivity index (χ4n) is 1.84. The molecular weight excluding hydrogens is 228 g/mol. The molecule has 102 valence electrons. The predicted molar refractivity (Wildman–Crippen MR) is 72.3 cm³/mol. The molecule has 4 heteroatoms. The minimum atomic E-state index is -0.102. The van der Waals surface area contributed by atoms with Gasteiger partial charge in [0.05, 0.1) is 12.3 Å². The molecule has 0 saturated heterocycles. The van der Waals surface area contributed by atoms with Crippen LogP contribution < -0.4 is 5.32 Å². The van der Waals surface area contributed by atoms with Gasteiger partial charge in [0.25, 0.3) is 0 Å². The highest BCUT2D eigenvalue weighted by molar-refractivity contribution is 5.40. The van der Waals surface area contributed by atoms with Crippen LogP contribution in [0.5, 0.6) is 5.75 Å². The van der Waals surface area contributed by atoms with Crippen molar-refractivity contribution in [3.8, 4) is 5.75 Å². The first-order valence-corrected chi connectivity index (χ1v) is 6.51. The molecular formula is C14H24N2O2. The van der Waals surface area contributed by atoms with Crippen molar-refractivity contribution in [2.24, 2.45) is 5.92 Å². The van der Waals surface area contributed by atoms with Crippen LogP contribution in [0.4, 0.5) is 0 Å². The molecule has 0 aliphatic carbocycles. The van der Waals surface area contributed by atoms with Crippen LogP contribution in [0.2, 0.25) is 0 Å². The molecule has 0 radical (unpaired) electrons. The summed E-state index contributed by atoms with van der Waals surface area (Å²) in [6, 6.07) is 0.370. The molecule has 0 aliphatic heterocycles. The molecule has 18 heavy (non-hydrogen) atoms. The van der Waals surface area contributed by atoms with Gasteiger partial charge < -0.3 is 15.5 Å². The normalized spacial score (nSPS) is 14.5. The van der Waals surface area contributed by atoms with E-state index >= 15 is 0 Å². The molecule has 2 unspecified atom stereocenters. The molecule has 4 nitrogen and oxygen atoms in total. The van der Waals surface area contributed by atoms with E-state index in [9.17, 15) is 10.2 Å². The van der Waals surface area contributed by atoms with E-state index in [1.807, 2.05) is 0 Å². The van der Waals surface area contributed by atoms with Crippen LogP contribution in [0.3, 0.4) is 0 Å². The van der Waals surface area contributed by atoms with Crippen LogP contribution in [-0.2, 0) is 13.2 Å². The third kappa shape index (κ3) is 3.43. The van der Waals surface area contributed by atoms with Gasteiger partial charge in [0.15, 0.2) is 0 Å². The van der Waals surface area contributed by atoms with Crippen LogP contribution in [-0.4, -0.2) is 21.2 Å². The molecule has 3 N–H and O–H groups in total. The molecule has 0 aromatic carbocycles. The van der Waals surface area contributed by atoms with E-state index < -0.39 is 0 Å². The molecule has 0 aliphatic rings. The molecule has 0 saturated carbocycles. The Kier molecular flexibility index (Phi) is 5.56. The van der Waals surface area contributed by atoms with Crippen molar-refractivity contribution in [1.29, 1.82) is 0 Å². The first-order chi connectivity index (χ1) is 8.51. The summed E-state index contributed by atoms with van der Waals surface area (Å²) in [5.74, 6) is 0.762. The third-order valence-electron chi connectivity index (χ3n) is 3.70. The van der Waals surface area contributed by atoms with Gasteiger partial charge in [0.1, 0.15) is 5.75 Å². The number of aromatic hydroxyl groups is 1. The number of aryl methyl sites for hydroxylation is 1. The summed E-state index contributed by atoms with van der Waals surface area (Å²) in [5.41, 5.74) is 2.03. The van der Waals surface area contributed by atoms with Crippen molar-refractivity contribution in [2.75, 3.05) is 0 Å². The zero-order valence-corrected chi connectivity index (χ0v) is 11.7. The van der Waals surface area contributed by atoms with Crippen molar-refractivity contribution < 1.29 is 10.2 Å². The molecule has 1 rings (SSSR count). The van der Waals surface area contributed by atoms with Gasteiger partial charge in [-0.2, -0.15) is 0 Å². The number of hydrogen-bond acceptors (Lipinski definition) is 4. The zero-order chi connectivity index (χ0) is 13.7. The monoisotopic (exact) mass is 252 g/mol. The van der Waals surface area contributed by atoms with E-state index in [2.05, 4.69) is 31.1 Å². The van der Waals surface area contributed by atoms with Gasteiger partial charge in [-0.25, -0.2) is 0 Å². The van der Waals surface area contributed by atoms with Crippen molar-refractivity contribution >= 4 is 0 Å². The Bertz CT molecular complexity index is 394. The predicted octanol–water partition coefficient (Wildman–Crippen LogP) is 2.11. The number of rotatable bonds is 6. The lowest BCUT2D eigenvalue weighted by Crippen LogP contribution is -2.31. The number of aliphatic hydroxyl groups is 1. The number of aliphatic hydroxyl groups excluding tert-OH is 1. The van der Waals surface area contributed by atoms with Gasteiger partial charge >= 0.3 is 0 Å². The summed E-state index contributed by atoms with van der Waals surface area (Å²) in [6.45, 7) is 8.71. The first kappa shape index (κ1) is 14.9. The van der Waals surface area contributed by atoms with Crippen LogP contribution in [0.1, 0.15) is 44.0 Å². The van der Waals surface area contributed by atoms with E-state index in [4.69, 9.17) is 0 Å². The second-order valence-corrected chi connectivity index (χ2v) is 4.91. The van der Waals surface area contributed by atoms with Crippen molar-refractivity contribution in [1.82, 2.24) is 10.3 Å². The van der Waals surface area contributed by atoms with Gasteiger partial charge in [-0.15, -0.1) is 0 Å². The van der Waals surface area contributed by atoms with Crippen LogP contribution in [0.15, 0.2) is 6.20 Å². The summed E-state index contributed by atoms with van der Waals surface area (Å²) in [6.07, 6.45) is 2.74. The second-order valence-electron chi connectivity index (χ2n) is 4.91. The Morgan fingerprint density at radius 2 is 2.06 bits per heavy atom. The van der Waals surface area contributed by atoms with E-state index in [0.29, 0.717) is 29.8 Å². The minimum absolute atomic E-state index is 0.102. The fourth-order valence-corrected chi connectivity index (χ4v) is 1.84. The highest BCUT2D eigenvalue weighted by atomic mass is 16.3. The molecule has 0 bridgehead atoms. The smallest absolute Gasteiger partial charge is 0.141 e. The Morgan fingerprint density at radius 1 is 1.39 bits per heavy atom. The molecule has 0 spiro atoms. The molecule has 1 heterocycles. The number of nitrogens with one attached hydrogen (secondary N) is 1. The minimum Gasteiger partial charge on any atom is -0.506 e. The lowest BCUT2D eigenvalue weighted by molar-refractivity contribution is 0.278. The van der Waals surface area contributed by atoms with Crippen molar-refractivity contribution in [3.63, 3.8) is 0 Å². The standard InChI is InChI=1S/C14H24N2O2/c1-5-9(2)10(3)16-7-13-12(8-17)6-15-11(4)14(13)18/h6,9-10,16-18H,5,7-8H2,1-4H3. The van der Waals surface area contributed by atoms with Gasteiger partial charge in [-0.3, -0.25) is 4.98 Å². The molecule has 2 atom stereocenters. The molecule has 0 amide bonds. The maximum absolute atomic E-state index is 10.0. The van der Waals surface area contributed by atoms with Gasteiger partial charge in [-0.1, -0.05) is 20.3 Å². The van der Waals surface area contributed by atoms with Gasteiger partial charge in [0.2, 0.25) is 0 Å². The van der Waals surface area contributed by atoms with Crippen molar-refractivity contribution in [3.05, 3.63) is 23.0 Å². The topological polar surface area (TPSA) is 65.4 Å². The highest BCUT2D eigenvalue weighted by Crippen LogP contribution is 2.24. The van der Waals surface area contributed by atoms with Crippen LogP contribution in [0.25, 0.3) is 0 Å². The molecule has 1 aromatic rings. The summed E-state index contributed by atoms with van der Waals surface area (Å²) in [4.78, 5) is 4.05. The maximum Gasteiger partial charge on any atom is 0.141 e. The largest absolute Gasteiger partial charge is 0.506 e. The van der Waals surface area contributed by atoms with Gasteiger partial charge in [0, 0.05) is 29.9 Å². The second kappa shape index (κ2) is 6.71. The number of aromatic nitrogens is 1. The average Bonchev–Trinajstić information content (AvgIpc) is 2.38.